The maximum atomic E-state index is 12.7. The van der Waals surface area contributed by atoms with E-state index < -0.39 is 12.1 Å². The molecule has 5 nitrogen and oxygen atoms in total. The molecule has 132 valence electrons. The van der Waals surface area contributed by atoms with Crippen molar-refractivity contribution in [2.24, 2.45) is 0 Å². The van der Waals surface area contributed by atoms with E-state index in [0.29, 0.717) is 18.1 Å². The molecule has 0 radical (unpaired) electrons. The number of hydrogen-bond donors (Lipinski definition) is 3. The summed E-state index contributed by atoms with van der Waals surface area (Å²) < 4.78 is 0. The predicted molar refractivity (Wildman–Crippen MR) is 98.4 cm³/mol. The SMILES string of the molecule is CCNC(=O)NC(=O)[C@H](c1ccccc1)[NH+](C)Cc1cccc(Cl)c1. The maximum absolute atomic E-state index is 12.7. The van der Waals surface area contributed by atoms with Crippen LogP contribution >= 0.6 is 11.6 Å². The lowest BCUT2D eigenvalue weighted by atomic mass is 10.0. The van der Waals surface area contributed by atoms with Gasteiger partial charge in [-0.05, 0) is 19.1 Å². The third-order valence-electron chi connectivity index (χ3n) is 3.83. The van der Waals surface area contributed by atoms with E-state index in [0.717, 1.165) is 16.0 Å². The van der Waals surface area contributed by atoms with Gasteiger partial charge in [0.1, 0.15) is 6.54 Å². The van der Waals surface area contributed by atoms with Crippen molar-refractivity contribution in [2.75, 3.05) is 13.6 Å². The highest BCUT2D eigenvalue weighted by Gasteiger charge is 2.30. The highest BCUT2D eigenvalue weighted by molar-refractivity contribution is 6.30. The molecule has 0 spiro atoms. The quantitative estimate of drug-likeness (QED) is 0.737. The van der Waals surface area contributed by atoms with Crippen LogP contribution in [0.25, 0.3) is 0 Å². The zero-order chi connectivity index (χ0) is 18.2. The van der Waals surface area contributed by atoms with Gasteiger partial charge in [0.05, 0.1) is 7.05 Å². The summed E-state index contributed by atoms with van der Waals surface area (Å²) in [5.74, 6) is -0.336. The summed E-state index contributed by atoms with van der Waals surface area (Å²) in [6.45, 7) is 2.86. The molecule has 2 aromatic rings. The molecule has 0 aliphatic rings. The fourth-order valence-electron chi connectivity index (χ4n) is 2.76. The molecular weight excluding hydrogens is 338 g/mol. The molecular formula is C19H23ClN3O2+. The average molecular weight is 361 g/mol. The summed E-state index contributed by atoms with van der Waals surface area (Å²) in [4.78, 5) is 25.4. The number of nitrogens with one attached hydrogen (secondary N) is 3. The summed E-state index contributed by atoms with van der Waals surface area (Å²) in [5.41, 5.74) is 1.88. The van der Waals surface area contributed by atoms with Crippen LogP contribution in [-0.2, 0) is 11.3 Å². The summed E-state index contributed by atoms with van der Waals surface area (Å²) in [7, 11) is 1.93. The van der Waals surface area contributed by atoms with Crippen LogP contribution < -0.4 is 15.5 Å². The molecule has 0 bridgehead atoms. The Morgan fingerprint density at radius 1 is 1.12 bits per heavy atom. The summed E-state index contributed by atoms with van der Waals surface area (Å²) in [5, 5.41) is 5.66. The number of urea groups is 1. The minimum Gasteiger partial charge on any atom is -0.338 e. The number of rotatable bonds is 6. The molecule has 2 atom stereocenters. The van der Waals surface area contributed by atoms with E-state index in [1.807, 2.05) is 61.6 Å². The van der Waals surface area contributed by atoms with Gasteiger partial charge in [0, 0.05) is 22.7 Å². The molecule has 2 rings (SSSR count). The largest absolute Gasteiger partial charge is 0.338 e. The number of amides is 3. The van der Waals surface area contributed by atoms with Crippen LogP contribution in [0.4, 0.5) is 4.79 Å². The molecule has 0 aliphatic heterocycles. The molecule has 1 unspecified atom stereocenters. The van der Waals surface area contributed by atoms with Crippen molar-refractivity contribution in [3.8, 4) is 0 Å². The number of imide groups is 1. The van der Waals surface area contributed by atoms with Crippen LogP contribution in [-0.4, -0.2) is 25.5 Å². The molecule has 0 fully saturated rings. The van der Waals surface area contributed by atoms with Gasteiger partial charge >= 0.3 is 6.03 Å². The van der Waals surface area contributed by atoms with Crippen LogP contribution in [0, 0.1) is 0 Å². The van der Waals surface area contributed by atoms with E-state index in [9.17, 15) is 9.59 Å². The molecule has 25 heavy (non-hydrogen) atoms. The van der Waals surface area contributed by atoms with Gasteiger partial charge in [-0.2, -0.15) is 0 Å². The molecule has 3 amide bonds. The lowest BCUT2D eigenvalue weighted by molar-refractivity contribution is -0.916. The minimum atomic E-state index is -0.511. The van der Waals surface area contributed by atoms with Crippen LogP contribution in [0.2, 0.25) is 5.02 Å². The fraction of sp³-hybridized carbons (Fsp3) is 0.263. The van der Waals surface area contributed by atoms with Crippen molar-refractivity contribution in [1.29, 1.82) is 0 Å². The minimum absolute atomic E-state index is 0.336. The lowest BCUT2D eigenvalue weighted by Crippen LogP contribution is -3.09. The Balaban J connectivity index is 2.21. The molecule has 0 heterocycles. The Kier molecular flexibility index (Phi) is 6.98. The van der Waals surface area contributed by atoms with E-state index in [1.165, 1.54) is 0 Å². The molecule has 0 aliphatic carbocycles. The van der Waals surface area contributed by atoms with E-state index in [-0.39, 0.29) is 5.91 Å². The van der Waals surface area contributed by atoms with Crippen molar-refractivity contribution >= 4 is 23.5 Å². The number of carbonyl (C=O) groups excluding carboxylic acids is 2. The van der Waals surface area contributed by atoms with Gasteiger partial charge in [-0.1, -0.05) is 54.1 Å². The van der Waals surface area contributed by atoms with Gasteiger partial charge < -0.3 is 10.2 Å². The van der Waals surface area contributed by atoms with Crippen LogP contribution in [0.1, 0.15) is 24.1 Å². The first-order valence-corrected chi connectivity index (χ1v) is 8.59. The van der Waals surface area contributed by atoms with Gasteiger partial charge in [-0.3, -0.25) is 10.1 Å². The third kappa shape index (κ3) is 5.59. The monoisotopic (exact) mass is 360 g/mol. The highest BCUT2D eigenvalue weighted by atomic mass is 35.5. The molecule has 0 aromatic heterocycles. The van der Waals surface area contributed by atoms with E-state index in [1.54, 1.807) is 6.92 Å². The fourth-order valence-corrected chi connectivity index (χ4v) is 2.98. The second-order valence-corrected chi connectivity index (χ2v) is 6.28. The number of likely N-dealkylation sites (N-methyl/N-ethyl adjacent to an activating group) is 1. The summed E-state index contributed by atoms with van der Waals surface area (Å²) >= 11 is 6.05. The summed E-state index contributed by atoms with van der Waals surface area (Å²) in [6.07, 6.45) is 0. The Hall–Kier alpha value is -2.37. The first kappa shape index (κ1) is 19.0. The third-order valence-corrected chi connectivity index (χ3v) is 4.07. The second kappa shape index (κ2) is 9.20. The van der Waals surface area contributed by atoms with E-state index in [4.69, 9.17) is 11.6 Å². The first-order chi connectivity index (χ1) is 12.0. The molecule has 3 N–H and O–H groups in total. The second-order valence-electron chi connectivity index (χ2n) is 5.85. The molecule has 0 saturated heterocycles. The number of benzene rings is 2. The van der Waals surface area contributed by atoms with Gasteiger partial charge in [-0.25, -0.2) is 4.79 Å². The number of quaternary nitrogens is 1. The van der Waals surface area contributed by atoms with Crippen molar-refractivity contribution in [2.45, 2.75) is 19.5 Å². The number of halogens is 1. The van der Waals surface area contributed by atoms with Gasteiger partial charge in [0.25, 0.3) is 5.91 Å². The normalized spacial score (nSPS) is 12.9. The van der Waals surface area contributed by atoms with Gasteiger partial charge in [0.15, 0.2) is 6.04 Å². The van der Waals surface area contributed by atoms with E-state index >= 15 is 0 Å². The predicted octanol–water partition coefficient (Wildman–Crippen LogP) is 1.94. The standard InChI is InChI=1S/C19H22ClN3O2/c1-3-21-19(25)22-18(24)17(15-9-5-4-6-10-15)23(2)13-14-8-7-11-16(20)12-14/h4-12,17H,3,13H2,1-2H3,(H2,21,22,24,25)/p+1/t17-/m0/s1. The van der Waals surface area contributed by atoms with Crippen molar-refractivity contribution in [1.82, 2.24) is 10.6 Å². The smallest absolute Gasteiger partial charge is 0.321 e. The van der Waals surface area contributed by atoms with Crippen LogP contribution in [0.3, 0.4) is 0 Å². The highest BCUT2D eigenvalue weighted by Crippen LogP contribution is 2.12. The maximum Gasteiger partial charge on any atom is 0.321 e. The van der Waals surface area contributed by atoms with Gasteiger partial charge in [0.2, 0.25) is 0 Å². The molecule has 6 heteroatoms. The van der Waals surface area contributed by atoms with Crippen LogP contribution in [0.15, 0.2) is 54.6 Å². The Labute approximate surface area is 153 Å². The van der Waals surface area contributed by atoms with Gasteiger partial charge in [-0.15, -0.1) is 0 Å². The van der Waals surface area contributed by atoms with Crippen molar-refractivity contribution < 1.29 is 14.5 Å². The average Bonchev–Trinajstić information content (AvgIpc) is 2.56. The zero-order valence-electron chi connectivity index (χ0n) is 14.4. The lowest BCUT2D eigenvalue weighted by Gasteiger charge is -2.24. The zero-order valence-corrected chi connectivity index (χ0v) is 15.1. The topological polar surface area (TPSA) is 62.6 Å². The Bertz CT molecular complexity index is 722. The first-order valence-electron chi connectivity index (χ1n) is 8.21. The number of hydrogen-bond acceptors (Lipinski definition) is 2. The number of carbonyl (C=O) groups is 2. The summed E-state index contributed by atoms with van der Waals surface area (Å²) in [6, 6.07) is 16.0. The Morgan fingerprint density at radius 2 is 1.84 bits per heavy atom. The van der Waals surface area contributed by atoms with Crippen molar-refractivity contribution in [3.63, 3.8) is 0 Å². The molecule has 2 aromatic carbocycles. The molecule has 0 saturated carbocycles. The van der Waals surface area contributed by atoms with Crippen LogP contribution in [0.5, 0.6) is 0 Å². The van der Waals surface area contributed by atoms with E-state index in [2.05, 4.69) is 10.6 Å². The van der Waals surface area contributed by atoms with Crippen molar-refractivity contribution in [3.05, 3.63) is 70.7 Å². The Morgan fingerprint density at radius 3 is 2.48 bits per heavy atom.